The summed E-state index contributed by atoms with van der Waals surface area (Å²) in [5.41, 5.74) is 3.37. The van der Waals surface area contributed by atoms with Crippen molar-refractivity contribution in [2.75, 3.05) is 0 Å². The second-order valence-corrected chi connectivity index (χ2v) is 4.42. The fraction of sp³-hybridized carbons (Fsp3) is 0.250. The highest BCUT2D eigenvalue weighted by molar-refractivity contribution is 5.50. The summed E-state index contributed by atoms with van der Waals surface area (Å²) >= 11 is 0. The van der Waals surface area contributed by atoms with Crippen LogP contribution in [-0.2, 0) is 6.42 Å². The van der Waals surface area contributed by atoms with Crippen molar-refractivity contribution in [2.45, 2.75) is 27.2 Å². The number of ether oxygens (including phenoxy) is 1. The number of nitrogens with zero attached hydrogens (tertiary/aromatic N) is 2. The van der Waals surface area contributed by atoms with E-state index in [1.807, 2.05) is 45.0 Å². The molecular weight excluding hydrogens is 236 g/mol. The van der Waals surface area contributed by atoms with Gasteiger partial charge in [-0.25, -0.2) is 0 Å². The summed E-state index contributed by atoms with van der Waals surface area (Å²) < 4.78 is 5.92. The number of rotatable bonds is 3. The first-order chi connectivity index (χ1) is 9.15. The Kier molecular flexibility index (Phi) is 3.82. The van der Waals surface area contributed by atoms with E-state index >= 15 is 0 Å². The van der Waals surface area contributed by atoms with Crippen LogP contribution in [0.5, 0.6) is 11.5 Å². The first-order valence-electron chi connectivity index (χ1n) is 6.29. The predicted molar refractivity (Wildman–Crippen MR) is 74.3 cm³/mol. The second kappa shape index (κ2) is 5.53. The average Bonchev–Trinajstić information content (AvgIpc) is 2.42. The van der Waals surface area contributed by atoms with Crippen LogP contribution in [0.1, 0.15) is 29.4 Å². The monoisotopic (exact) mass is 252 g/mol. The maximum Gasteiger partial charge on any atom is 0.148 e. The Morgan fingerprint density at radius 2 is 2.00 bits per heavy atom. The SMILES string of the molecule is CCc1nc(C)ccc1Oc1c(C)cccc1C#N. The van der Waals surface area contributed by atoms with Crippen molar-refractivity contribution in [1.29, 1.82) is 5.26 Å². The van der Waals surface area contributed by atoms with Crippen molar-refractivity contribution in [3.8, 4) is 17.6 Å². The largest absolute Gasteiger partial charge is 0.454 e. The van der Waals surface area contributed by atoms with Gasteiger partial charge in [-0.05, 0) is 44.0 Å². The van der Waals surface area contributed by atoms with Crippen molar-refractivity contribution in [1.82, 2.24) is 4.98 Å². The standard InChI is InChI=1S/C16H16N2O/c1-4-14-15(9-8-12(3)18-14)19-16-11(2)6-5-7-13(16)10-17/h5-9H,4H2,1-3H3. The van der Waals surface area contributed by atoms with E-state index in [1.165, 1.54) is 0 Å². The molecule has 1 aromatic carbocycles. The molecule has 0 aliphatic heterocycles. The minimum absolute atomic E-state index is 0.544. The molecule has 2 aromatic rings. The molecule has 0 N–H and O–H groups in total. The zero-order chi connectivity index (χ0) is 13.8. The molecule has 0 spiro atoms. The van der Waals surface area contributed by atoms with Crippen molar-refractivity contribution < 1.29 is 4.74 Å². The molecule has 0 unspecified atom stereocenters. The van der Waals surface area contributed by atoms with Crippen LogP contribution in [0.4, 0.5) is 0 Å². The summed E-state index contributed by atoms with van der Waals surface area (Å²) in [5.74, 6) is 1.34. The summed E-state index contributed by atoms with van der Waals surface area (Å²) in [4.78, 5) is 4.47. The molecule has 19 heavy (non-hydrogen) atoms. The van der Waals surface area contributed by atoms with Gasteiger partial charge < -0.3 is 4.74 Å². The van der Waals surface area contributed by atoms with Gasteiger partial charge >= 0.3 is 0 Å². The van der Waals surface area contributed by atoms with Gasteiger partial charge in [-0.2, -0.15) is 5.26 Å². The lowest BCUT2D eigenvalue weighted by molar-refractivity contribution is 0.467. The lowest BCUT2D eigenvalue weighted by Gasteiger charge is -2.13. The maximum absolute atomic E-state index is 9.15. The molecule has 0 bridgehead atoms. The Balaban J connectivity index is 2.45. The minimum atomic E-state index is 0.544. The molecule has 2 rings (SSSR count). The Bertz CT molecular complexity index is 642. The van der Waals surface area contributed by atoms with Crippen molar-refractivity contribution in [3.63, 3.8) is 0 Å². The fourth-order valence-corrected chi connectivity index (χ4v) is 1.93. The van der Waals surface area contributed by atoms with E-state index in [0.29, 0.717) is 11.3 Å². The molecule has 1 heterocycles. The third-order valence-electron chi connectivity index (χ3n) is 2.95. The molecule has 0 aliphatic rings. The Labute approximate surface area is 113 Å². The van der Waals surface area contributed by atoms with E-state index in [9.17, 15) is 0 Å². The quantitative estimate of drug-likeness (QED) is 0.831. The molecule has 0 saturated carbocycles. The molecule has 0 saturated heterocycles. The first-order valence-corrected chi connectivity index (χ1v) is 6.29. The van der Waals surface area contributed by atoms with E-state index in [-0.39, 0.29) is 0 Å². The number of hydrogen-bond donors (Lipinski definition) is 0. The van der Waals surface area contributed by atoms with Crippen LogP contribution in [-0.4, -0.2) is 4.98 Å². The van der Waals surface area contributed by atoms with Crippen LogP contribution in [0.3, 0.4) is 0 Å². The molecule has 96 valence electrons. The van der Waals surface area contributed by atoms with Crippen LogP contribution in [0.25, 0.3) is 0 Å². The second-order valence-electron chi connectivity index (χ2n) is 4.42. The Morgan fingerprint density at radius 1 is 1.21 bits per heavy atom. The molecule has 3 heteroatoms. The highest BCUT2D eigenvalue weighted by Gasteiger charge is 2.11. The van der Waals surface area contributed by atoms with Crippen molar-refractivity contribution in [2.24, 2.45) is 0 Å². The van der Waals surface area contributed by atoms with Gasteiger partial charge in [-0.1, -0.05) is 19.1 Å². The van der Waals surface area contributed by atoms with Gasteiger partial charge in [-0.15, -0.1) is 0 Å². The number of aryl methyl sites for hydroxylation is 3. The molecule has 1 aromatic heterocycles. The van der Waals surface area contributed by atoms with Crippen LogP contribution in [0.15, 0.2) is 30.3 Å². The third kappa shape index (κ3) is 2.74. The van der Waals surface area contributed by atoms with Crippen LogP contribution in [0.2, 0.25) is 0 Å². The number of nitriles is 1. The van der Waals surface area contributed by atoms with Gasteiger partial charge in [-0.3, -0.25) is 4.98 Å². The fourth-order valence-electron chi connectivity index (χ4n) is 1.93. The summed E-state index contributed by atoms with van der Waals surface area (Å²) in [7, 11) is 0. The highest BCUT2D eigenvalue weighted by Crippen LogP contribution is 2.30. The summed E-state index contributed by atoms with van der Waals surface area (Å²) in [6, 6.07) is 11.5. The summed E-state index contributed by atoms with van der Waals surface area (Å²) in [6.07, 6.45) is 0.796. The molecule has 0 amide bonds. The van der Waals surface area contributed by atoms with E-state index < -0.39 is 0 Å². The van der Waals surface area contributed by atoms with Crippen LogP contribution < -0.4 is 4.74 Å². The molecule has 0 aliphatic carbocycles. The Hall–Kier alpha value is -2.34. The lowest BCUT2D eigenvalue weighted by Crippen LogP contribution is -1.98. The van der Waals surface area contributed by atoms with Crippen molar-refractivity contribution >= 4 is 0 Å². The van der Waals surface area contributed by atoms with Gasteiger partial charge in [0.2, 0.25) is 0 Å². The van der Waals surface area contributed by atoms with Crippen LogP contribution >= 0.6 is 0 Å². The van der Waals surface area contributed by atoms with E-state index in [1.54, 1.807) is 6.07 Å². The molecule has 3 nitrogen and oxygen atoms in total. The van der Waals surface area contributed by atoms with Gasteiger partial charge in [0.1, 0.15) is 17.6 Å². The van der Waals surface area contributed by atoms with E-state index in [0.717, 1.165) is 29.1 Å². The Morgan fingerprint density at radius 3 is 2.68 bits per heavy atom. The normalized spacial score (nSPS) is 10.0. The smallest absolute Gasteiger partial charge is 0.148 e. The predicted octanol–water partition coefficient (Wildman–Crippen LogP) is 3.92. The number of aromatic nitrogens is 1. The minimum Gasteiger partial charge on any atom is -0.454 e. The molecular formula is C16H16N2O. The topological polar surface area (TPSA) is 45.9 Å². The lowest BCUT2D eigenvalue weighted by atomic mass is 10.1. The van der Waals surface area contributed by atoms with Gasteiger partial charge in [0, 0.05) is 5.69 Å². The zero-order valence-electron chi connectivity index (χ0n) is 11.4. The summed E-state index contributed by atoms with van der Waals surface area (Å²) in [5, 5.41) is 9.15. The summed E-state index contributed by atoms with van der Waals surface area (Å²) in [6.45, 7) is 5.93. The van der Waals surface area contributed by atoms with E-state index in [4.69, 9.17) is 10.00 Å². The zero-order valence-corrected chi connectivity index (χ0v) is 11.4. The van der Waals surface area contributed by atoms with E-state index in [2.05, 4.69) is 11.1 Å². The van der Waals surface area contributed by atoms with Crippen molar-refractivity contribution in [3.05, 3.63) is 52.8 Å². The van der Waals surface area contributed by atoms with Crippen LogP contribution in [0, 0.1) is 25.2 Å². The number of pyridine rings is 1. The molecule has 0 fully saturated rings. The van der Waals surface area contributed by atoms with Gasteiger partial charge in [0.25, 0.3) is 0 Å². The first kappa shape index (κ1) is 13.1. The third-order valence-corrected chi connectivity index (χ3v) is 2.95. The van der Waals surface area contributed by atoms with Gasteiger partial charge in [0.05, 0.1) is 11.3 Å². The highest BCUT2D eigenvalue weighted by atomic mass is 16.5. The molecule has 0 atom stereocenters. The molecule has 0 radical (unpaired) electrons. The number of para-hydroxylation sites is 1. The number of benzene rings is 1. The number of hydrogen-bond acceptors (Lipinski definition) is 3. The average molecular weight is 252 g/mol. The van der Waals surface area contributed by atoms with Gasteiger partial charge in [0.15, 0.2) is 0 Å². The maximum atomic E-state index is 9.15.